The molecule has 94 valence electrons. The van der Waals surface area contributed by atoms with Crippen molar-refractivity contribution in [2.24, 2.45) is 0 Å². The maximum Gasteiger partial charge on any atom is 0.303 e. The van der Waals surface area contributed by atoms with Crippen molar-refractivity contribution in [3.63, 3.8) is 0 Å². The first-order chi connectivity index (χ1) is 8.66. The van der Waals surface area contributed by atoms with Crippen LogP contribution in [0.4, 0.5) is 0 Å². The molecule has 0 saturated carbocycles. The van der Waals surface area contributed by atoms with Crippen molar-refractivity contribution in [1.82, 2.24) is 9.55 Å². The van der Waals surface area contributed by atoms with Crippen molar-refractivity contribution in [2.75, 3.05) is 0 Å². The first-order valence-electron chi connectivity index (χ1n) is 5.65. The van der Waals surface area contributed by atoms with Gasteiger partial charge >= 0.3 is 5.97 Å². The van der Waals surface area contributed by atoms with E-state index in [1.165, 1.54) is 0 Å². The highest BCUT2D eigenvalue weighted by Crippen LogP contribution is 2.23. The Morgan fingerprint density at radius 3 is 2.89 bits per heavy atom. The van der Waals surface area contributed by atoms with E-state index in [1.807, 2.05) is 29.0 Å². The summed E-state index contributed by atoms with van der Waals surface area (Å²) < 4.78 is 2.90. The Bertz CT molecular complexity index is 538. The number of rotatable bonds is 5. The average molecular weight is 309 g/mol. The number of imidazole rings is 1. The van der Waals surface area contributed by atoms with E-state index in [4.69, 9.17) is 5.11 Å². The first kappa shape index (κ1) is 12.8. The Labute approximate surface area is 113 Å². The van der Waals surface area contributed by atoms with Crippen LogP contribution in [0.1, 0.15) is 18.4 Å². The summed E-state index contributed by atoms with van der Waals surface area (Å²) in [6.45, 7) is 0. The summed E-state index contributed by atoms with van der Waals surface area (Å²) in [5, 5.41) is 8.60. The number of aliphatic carboxylic acids is 1. The number of aryl methyl sites for hydroxylation is 1. The minimum Gasteiger partial charge on any atom is -0.481 e. The third kappa shape index (κ3) is 3.20. The zero-order chi connectivity index (χ0) is 13.0. The first-order valence-corrected chi connectivity index (χ1v) is 6.44. The molecule has 0 radical (unpaired) electrons. The van der Waals surface area contributed by atoms with Crippen molar-refractivity contribution in [3.8, 4) is 5.69 Å². The minimum atomic E-state index is -0.746. The molecule has 1 aromatic heterocycles. The standard InChI is InChI=1S/C13H13BrN2O2/c14-11-8-10(2-1-3-13(17)18)4-5-12(11)16-7-6-15-9-16/h4-9H,1-3H2,(H,17,18). The molecule has 0 spiro atoms. The van der Waals surface area contributed by atoms with Crippen molar-refractivity contribution in [3.05, 3.63) is 47.0 Å². The largest absolute Gasteiger partial charge is 0.481 e. The highest BCUT2D eigenvalue weighted by molar-refractivity contribution is 9.10. The average Bonchev–Trinajstić information content (AvgIpc) is 2.82. The normalized spacial score (nSPS) is 10.5. The maximum absolute atomic E-state index is 10.4. The molecule has 1 aromatic carbocycles. The SMILES string of the molecule is O=C(O)CCCc1ccc(-n2ccnc2)c(Br)c1. The van der Waals surface area contributed by atoms with Crippen molar-refractivity contribution in [1.29, 1.82) is 0 Å². The molecule has 1 N–H and O–H groups in total. The van der Waals surface area contributed by atoms with Crippen LogP contribution in [0.25, 0.3) is 5.69 Å². The Balaban J connectivity index is 2.08. The molecule has 0 aliphatic rings. The van der Waals surface area contributed by atoms with Crippen LogP contribution in [-0.4, -0.2) is 20.6 Å². The van der Waals surface area contributed by atoms with Crippen LogP contribution in [0.2, 0.25) is 0 Å². The van der Waals surface area contributed by atoms with Crippen LogP contribution >= 0.6 is 15.9 Å². The van der Waals surface area contributed by atoms with E-state index in [9.17, 15) is 4.79 Å². The molecule has 0 bridgehead atoms. The predicted octanol–water partition coefficient (Wildman–Crippen LogP) is 3.04. The zero-order valence-electron chi connectivity index (χ0n) is 9.71. The predicted molar refractivity (Wildman–Crippen MR) is 71.8 cm³/mol. The van der Waals surface area contributed by atoms with E-state index in [0.29, 0.717) is 6.42 Å². The Morgan fingerprint density at radius 1 is 1.44 bits per heavy atom. The van der Waals surface area contributed by atoms with Gasteiger partial charge in [0.15, 0.2) is 0 Å². The molecule has 0 aliphatic carbocycles. The molecular formula is C13H13BrN2O2. The van der Waals surface area contributed by atoms with Crippen LogP contribution in [0, 0.1) is 0 Å². The summed E-state index contributed by atoms with van der Waals surface area (Å²) >= 11 is 3.52. The second-order valence-corrected chi connectivity index (χ2v) is 4.86. The summed E-state index contributed by atoms with van der Waals surface area (Å²) in [5.41, 5.74) is 2.15. The van der Waals surface area contributed by atoms with Crippen LogP contribution < -0.4 is 0 Å². The number of carbonyl (C=O) groups is 1. The third-order valence-electron chi connectivity index (χ3n) is 2.65. The number of hydrogen-bond acceptors (Lipinski definition) is 2. The second-order valence-electron chi connectivity index (χ2n) is 4.00. The summed E-state index contributed by atoms with van der Waals surface area (Å²) in [6, 6.07) is 6.04. The van der Waals surface area contributed by atoms with Gasteiger partial charge in [-0.3, -0.25) is 4.79 Å². The Hall–Kier alpha value is -1.62. The topological polar surface area (TPSA) is 55.1 Å². The van der Waals surface area contributed by atoms with Gasteiger partial charge in [-0.25, -0.2) is 4.98 Å². The number of halogens is 1. The van der Waals surface area contributed by atoms with E-state index in [-0.39, 0.29) is 6.42 Å². The van der Waals surface area contributed by atoms with Crippen molar-refractivity contribution >= 4 is 21.9 Å². The van der Waals surface area contributed by atoms with E-state index >= 15 is 0 Å². The lowest BCUT2D eigenvalue weighted by molar-refractivity contribution is -0.137. The molecule has 0 fully saturated rings. The minimum absolute atomic E-state index is 0.209. The fourth-order valence-electron chi connectivity index (χ4n) is 1.76. The van der Waals surface area contributed by atoms with E-state index in [2.05, 4.69) is 20.9 Å². The van der Waals surface area contributed by atoms with Crippen molar-refractivity contribution in [2.45, 2.75) is 19.3 Å². The van der Waals surface area contributed by atoms with Gasteiger partial charge in [-0.15, -0.1) is 0 Å². The summed E-state index contributed by atoms with van der Waals surface area (Å²) in [6.07, 6.45) is 6.99. The molecule has 1 heterocycles. The maximum atomic E-state index is 10.4. The molecule has 0 saturated heterocycles. The lowest BCUT2D eigenvalue weighted by Gasteiger charge is -2.07. The van der Waals surface area contributed by atoms with Gasteiger partial charge in [-0.2, -0.15) is 0 Å². The van der Waals surface area contributed by atoms with Gasteiger partial charge in [0.05, 0.1) is 12.0 Å². The number of carboxylic acids is 1. The quantitative estimate of drug-likeness (QED) is 0.923. The molecule has 0 amide bonds. The van der Waals surface area contributed by atoms with Crippen LogP contribution in [-0.2, 0) is 11.2 Å². The smallest absolute Gasteiger partial charge is 0.303 e. The number of nitrogens with zero attached hydrogens (tertiary/aromatic N) is 2. The number of benzene rings is 1. The Morgan fingerprint density at radius 2 is 2.28 bits per heavy atom. The molecule has 2 aromatic rings. The molecule has 0 unspecified atom stereocenters. The second kappa shape index (κ2) is 5.82. The molecule has 5 heteroatoms. The lowest BCUT2D eigenvalue weighted by atomic mass is 10.1. The van der Waals surface area contributed by atoms with Gasteiger partial charge in [-0.05, 0) is 46.5 Å². The molecule has 0 aliphatic heterocycles. The molecule has 18 heavy (non-hydrogen) atoms. The molecule has 2 rings (SSSR count). The van der Waals surface area contributed by atoms with Crippen LogP contribution in [0.5, 0.6) is 0 Å². The van der Waals surface area contributed by atoms with Gasteiger partial charge < -0.3 is 9.67 Å². The number of hydrogen-bond donors (Lipinski definition) is 1. The van der Waals surface area contributed by atoms with Gasteiger partial charge in [0.2, 0.25) is 0 Å². The monoisotopic (exact) mass is 308 g/mol. The van der Waals surface area contributed by atoms with Gasteiger partial charge in [0.1, 0.15) is 0 Å². The van der Waals surface area contributed by atoms with Gasteiger partial charge in [0, 0.05) is 23.3 Å². The van der Waals surface area contributed by atoms with Crippen molar-refractivity contribution < 1.29 is 9.90 Å². The third-order valence-corrected chi connectivity index (χ3v) is 3.29. The van der Waals surface area contributed by atoms with E-state index < -0.39 is 5.97 Å². The highest BCUT2D eigenvalue weighted by Gasteiger charge is 2.04. The van der Waals surface area contributed by atoms with E-state index in [1.54, 1.807) is 12.5 Å². The molecule has 0 atom stereocenters. The molecular weight excluding hydrogens is 296 g/mol. The molecule has 4 nitrogen and oxygen atoms in total. The summed E-state index contributed by atoms with van der Waals surface area (Å²) in [7, 11) is 0. The van der Waals surface area contributed by atoms with Gasteiger partial charge in [0.25, 0.3) is 0 Å². The van der Waals surface area contributed by atoms with E-state index in [0.717, 1.165) is 22.1 Å². The number of aromatic nitrogens is 2. The zero-order valence-corrected chi connectivity index (χ0v) is 11.3. The van der Waals surface area contributed by atoms with Crippen LogP contribution in [0.3, 0.4) is 0 Å². The summed E-state index contributed by atoms with van der Waals surface area (Å²) in [4.78, 5) is 14.5. The highest BCUT2D eigenvalue weighted by atomic mass is 79.9. The number of carboxylic acid groups (broad SMARTS) is 1. The van der Waals surface area contributed by atoms with Crippen LogP contribution in [0.15, 0.2) is 41.4 Å². The lowest BCUT2D eigenvalue weighted by Crippen LogP contribution is -1.97. The Kier molecular flexibility index (Phi) is 4.15. The van der Waals surface area contributed by atoms with Gasteiger partial charge in [-0.1, -0.05) is 6.07 Å². The summed E-state index contributed by atoms with van der Waals surface area (Å²) in [5.74, 6) is -0.746. The fourth-order valence-corrected chi connectivity index (χ4v) is 2.39. The fraction of sp³-hybridized carbons (Fsp3) is 0.231.